The summed E-state index contributed by atoms with van der Waals surface area (Å²) in [6.45, 7) is 7.62. The quantitative estimate of drug-likeness (QED) is 0.545. The van der Waals surface area contributed by atoms with Crippen molar-refractivity contribution < 1.29 is 4.92 Å². The molecule has 0 N–H and O–H groups in total. The van der Waals surface area contributed by atoms with E-state index in [1.165, 1.54) is 0 Å². The van der Waals surface area contributed by atoms with Gasteiger partial charge < -0.3 is 0 Å². The molecule has 0 aromatic carbocycles. The average molecular weight is 300 g/mol. The third-order valence-electron chi connectivity index (χ3n) is 3.65. The number of hydrogen-bond acceptors (Lipinski definition) is 5. The number of nitrogens with zero attached hydrogens (tertiary/aromatic N) is 6. The summed E-state index contributed by atoms with van der Waals surface area (Å²) in [6, 6.07) is 1.98. The first-order chi connectivity index (χ1) is 10.4. The van der Waals surface area contributed by atoms with Gasteiger partial charge in [-0.1, -0.05) is 0 Å². The van der Waals surface area contributed by atoms with Gasteiger partial charge in [-0.3, -0.25) is 19.2 Å². The van der Waals surface area contributed by atoms with E-state index in [9.17, 15) is 10.1 Å². The van der Waals surface area contributed by atoms with Crippen LogP contribution in [0.3, 0.4) is 0 Å². The molecule has 0 fully saturated rings. The summed E-state index contributed by atoms with van der Waals surface area (Å²) in [5.74, 6) is 0.628. The third kappa shape index (κ3) is 2.22. The monoisotopic (exact) mass is 300 g/mol. The highest BCUT2D eigenvalue weighted by molar-refractivity contribution is 5.40. The minimum atomic E-state index is -0.396. The van der Waals surface area contributed by atoms with Crippen LogP contribution in [-0.2, 0) is 6.54 Å². The fourth-order valence-corrected chi connectivity index (χ4v) is 2.65. The molecule has 0 aliphatic heterocycles. The first-order valence-electron chi connectivity index (χ1n) is 6.87. The van der Waals surface area contributed by atoms with Crippen molar-refractivity contribution in [2.75, 3.05) is 0 Å². The highest BCUT2D eigenvalue weighted by Gasteiger charge is 2.22. The SMILES string of the molecule is Cc1cc(C)n2cc(Cn3nc(C)c([N+](=O)[O-])c3C)nc2n1. The van der Waals surface area contributed by atoms with Crippen LogP contribution in [-0.4, -0.2) is 29.1 Å². The maximum absolute atomic E-state index is 11.1. The molecule has 0 saturated carbocycles. The fourth-order valence-electron chi connectivity index (χ4n) is 2.65. The first kappa shape index (κ1) is 14.2. The summed E-state index contributed by atoms with van der Waals surface area (Å²) in [4.78, 5) is 19.5. The molecule has 0 spiro atoms. The first-order valence-corrected chi connectivity index (χ1v) is 6.87. The van der Waals surface area contributed by atoms with Gasteiger partial charge in [-0.25, -0.2) is 9.97 Å². The highest BCUT2D eigenvalue weighted by atomic mass is 16.6. The van der Waals surface area contributed by atoms with Crippen molar-refractivity contribution >= 4 is 11.5 Å². The molecular weight excluding hydrogens is 284 g/mol. The summed E-state index contributed by atoms with van der Waals surface area (Å²) < 4.78 is 3.51. The Morgan fingerprint density at radius 3 is 2.59 bits per heavy atom. The number of fused-ring (bicyclic) bond motifs is 1. The molecule has 0 aliphatic rings. The van der Waals surface area contributed by atoms with E-state index in [0.29, 0.717) is 23.7 Å². The molecule has 0 aliphatic carbocycles. The molecular formula is C14H16N6O2. The zero-order valence-corrected chi connectivity index (χ0v) is 12.9. The molecule has 3 aromatic heterocycles. The number of aromatic nitrogens is 5. The van der Waals surface area contributed by atoms with E-state index in [1.54, 1.807) is 18.5 Å². The Kier molecular flexibility index (Phi) is 3.16. The van der Waals surface area contributed by atoms with Gasteiger partial charge >= 0.3 is 5.69 Å². The van der Waals surface area contributed by atoms with Crippen LogP contribution in [0.4, 0.5) is 5.69 Å². The smallest absolute Gasteiger partial charge is 0.288 e. The fraction of sp³-hybridized carbons (Fsp3) is 0.357. The number of imidazole rings is 1. The molecule has 3 rings (SSSR count). The molecule has 8 nitrogen and oxygen atoms in total. The third-order valence-corrected chi connectivity index (χ3v) is 3.65. The van der Waals surface area contributed by atoms with Gasteiger partial charge in [-0.15, -0.1) is 0 Å². The number of aryl methyl sites for hydroxylation is 3. The molecule has 0 unspecified atom stereocenters. The van der Waals surface area contributed by atoms with Crippen molar-refractivity contribution in [3.8, 4) is 0 Å². The van der Waals surface area contributed by atoms with Crippen LogP contribution in [0.2, 0.25) is 0 Å². The molecule has 0 atom stereocenters. The van der Waals surface area contributed by atoms with Gasteiger partial charge in [0, 0.05) is 17.6 Å². The van der Waals surface area contributed by atoms with Gasteiger partial charge in [0.2, 0.25) is 5.78 Å². The van der Waals surface area contributed by atoms with Gasteiger partial charge in [-0.2, -0.15) is 5.10 Å². The van der Waals surface area contributed by atoms with Crippen LogP contribution >= 0.6 is 0 Å². The Morgan fingerprint density at radius 1 is 1.23 bits per heavy atom. The molecule has 0 bridgehead atoms. The number of hydrogen-bond donors (Lipinski definition) is 0. The molecule has 22 heavy (non-hydrogen) atoms. The summed E-state index contributed by atoms with van der Waals surface area (Å²) in [6.07, 6.45) is 1.89. The minimum Gasteiger partial charge on any atom is -0.288 e. The van der Waals surface area contributed by atoms with Crippen LogP contribution in [0.5, 0.6) is 0 Å². The van der Waals surface area contributed by atoms with E-state index in [0.717, 1.165) is 17.1 Å². The molecule has 3 heterocycles. The Hall–Kier alpha value is -2.77. The van der Waals surface area contributed by atoms with E-state index >= 15 is 0 Å². The van der Waals surface area contributed by atoms with Gasteiger partial charge in [0.1, 0.15) is 11.4 Å². The summed E-state index contributed by atoms with van der Waals surface area (Å²) in [7, 11) is 0. The lowest BCUT2D eigenvalue weighted by Gasteiger charge is -2.00. The van der Waals surface area contributed by atoms with Crippen molar-refractivity contribution in [1.82, 2.24) is 24.1 Å². The molecule has 114 valence electrons. The summed E-state index contributed by atoms with van der Waals surface area (Å²) in [5, 5.41) is 15.3. The molecule has 0 amide bonds. The lowest BCUT2D eigenvalue weighted by Crippen LogP contribution is -2.04. The highest BCUT2D eigenvalue weighted by Crippen LogP contribution is 2.22. The summed E-state index contributed by atoms with van der Waals surface area (Å²) in [5.41, 5.74) is 3.72. The Balaban J connectivity index is 2.02. The Labute approximate surface area is 126 Å². The molecule has 0 radical (unpaired) electrons. The normalized spacial score (nSPS) is 11.3. The van der Waals surface area contributed by atoms with Crippen LogP contribution in [0, 0.1) is 37.8 Å². The Morgan fingerprint density at radius 2 is 1.95 bits per heavy atom. The number of rotatable bonds is 3. The van der Waals surface area contributed by atoms with Crippen LogP contribution < -0.4 is 0 Å². The zero-order valence-electron chi connectivity index (χ0n) is 12.9. The van der Waals surface area contributed by atoms with Crippen LogP contribution in [0.25, 0.3) is 5.78 Å². The van der Waals surface area contributed by atoms with Gasteiger partial charge in [0.05, 0.1) is 17.2 Å². The second-order valence-corrected chi connectivity index (χ2v) is 5.38. The average Bonchev–Trinajstić information content (AvgIpc) is 2.91. The van der Waals surface area contributed by atoms with Crippen molar-refractivity contribution in [2.24, 2.45) is 0 Å². The second-order valence-electron chi connectivity index (χ2n) is 5.38. The summed E-state index contributed by atoms with van der Waals surface area (Å²) >= 11 is 0. The maximum Gasteiger partial charge on any atom is 0.312 e. The van der Waals surface area contributed by atoms with Crippen LogP contribution in [0.1, 0.15) is 28.5 Å². The molecule has 0 saturated heterocycles. The predicted octanol–water partition coefficient (Wildman–Crippen LogP) is 2.12. The van der Waals surface area contributed by atoms with Crippen molar-refractivity contribution in [1.29, 1.82) is 0 Å². The van der Waals surface area contributed by atoms with Crippen molar-refractivity contribution in [3.05, 3.63) is 50.8 Å². The molecule has 3 aromatic rings. The van der Waals surface area contributed by atoms with Gasteiger partial charge in [0.25, 0.3) is 0 Å². The number of nitro groups is 1. The van der Waals surface area contributed by atoms with Crippen LogP contribution in [0.15, 0.2) is 12.3 Å². The second kappa shape index (κ2) is 4.90. The van der Waals surface area contributed by atoms with E-state index in [2.05, 4.69) is 15.1 Å². The minimum absolute atomic E-state index is 0.0638. The van der Waals surface area contributed by atoms with Crippen molar-refractivity contribution in [2.45, 2.75) is 34.2 Å². The van der Waals surface area contributed by atoms with E-state index in [-0.39, 0.29) is 5.69 Å². The van der Waals surface area contributed by atoms with Crippen molar-refractivity contribution in [3.63, 3.8) is 0 Å². The molecule has 8 heteroatoms. The zero-order chi connectivity index (χ0) is 16.0. The standard InChI is InChI=1S/C14H16N6O2/c1-8-5-9(2)18-6-12(16-14(18)15-8)7-19-11(4)13(20(21)22)10(3)17-19/h5-6H,7H2,1-4H3. The van der Waals surface area contributed by atoms with E-state index < -0.39 is 4.92 Å². The maximum atomic E-state index is 11.1. The lowest BCUT2D eigenvalue weighted by molar-refractivity contribution is -0.386. The van der Waals surface area contributed by atoms with Gasteiger partial charge in [0.15, 0.2) is 0 Å². The van der Waals surface area contributed by atoms with E-state index in [4.69, 9.17) is 0 Å². The predicted molar refractivity (Wildman–Crippen MR) is 79.9 cm³/mol. The van der Waals surface area contributed by atoms with E-state index in [1.807, 2.05) is 30.5 Å². The van der Waals surface area contributed by atoms with Gasteiger partial charge in [-0.05, 0) is 33.8 Å². The largest absolute Gasteiger partial charge is 0.312 e. The Bertz CT molecular complexity index is 893. The topological polar surface area (TPSA) is 91.2 Å². The lowest BCUT2D eigenvalue weighted by atomic mass is 10.3.